The number of nitrogens with zero attached hydrogens (tertiary/aromatic N) is 2. The van der Waals surface area contributed by atoms with Crippen LogP contribution in [0.1, 0.15) is 33.1 Å². The minimum absolute atomic E-state index is 0.301. The van der Waals surface area contributed by atoms with E-state index in [9.17, 15) is 0 Å². The minimum atomic E-state index is 0.301. The van der Waals surface area contributed by atoms with Crippen LogP contribution in [0.3, 0.4) is 0 Å². The Kier molecular flexibility index (Phi) is 4.14. The second kappa shape index (κ2) is 5.15. The Morgan fingerprint density at radius 3 is 2.71 bits per heavy atom. The van der Waals surface area contributed by atoms with E-state index < -0.39 is 0 Å². The minimum Gasteiger partial charge on any atom is -0.337 e. The SMILES string of the molecule is CC(C)(CN)CCCCn1ccnc1. The standard InChI is InChI=1S/C11H21N3/c1-11(2,9-12)5-3-4-7-14-8-6-13-10-14/h6,8,10H,3-5,7,9,12H2,1-2H3. The van der Waals surface area contributed by atoms with E-state index in [2.05, 4.69) is 23.4 Å². The van der Waals surface area contributed by atoms with E-state index >= 15 is 0 Å². The molecule has 1 rings (SSSR count). The first-order valence-electron chi connectivity index (χ1n) is 5.30. The van der Waals surface area contributed by atoms with Crippen molar-refractivity contribution in [1.82, 2.24) is 9.55 Å². The smallest absolute Gasteiger partial charge is 0.0945 e. The maximum atomic E-state index is 5.67. The molecule has 0 amide bonds. The van der Waals surface area contributed by atoms with E-state index in [1.54, 1.807) is 0 Å². The van der Waals surface area contributed by atoms with Crippen molar-refractivity contribution in [2.24, 2.45) is 11.1 Å². The number of hydrogen-bond donors (Lipinski definition) is 1. The van der Waals surface area contributed by atoms with Gasteiger partial charge in [0.1, 0.15) is 0 Å². The lowest BCUT2D eigenvalue weighted by Crippen LogP contribution is -2.23. The molecular formula is C11H21N3. The van der Waals surface area contributed by atoms with E-state index in [1.165, 1.54) is 19.3 Å². The van der Waals surface area contributed by atoms with Crippen LogP contribution < -0.4 is 5.73 Å². The zero-order valence-corrected chi connectivity index (χ0v) is 9.24. The molecule has 0 radical (unpaired) electrons. The van der Waals surface area contributed by atoms with E-state index in [0.29, 0.717) is 5.41 Å². The van der Waals surface area contributed by atoms with Gasteiger partial charge < -0.3 is 10.3 Å². The highest BCUT2D eigenvalue weighted by Gasteiger charge is 2.14. The molecule has 80 valence electrons. The summed E-state index contributed by atoms with van der Waals surface area (Å²) in [5.41, 5.74) is 5.97. The third kappa shape index (κ3) is 3.92. The second-order valence-corrected chi connectivity index (χ2v) is 4.63. The lowest BCUT2D eigenvalue weighted by molar-refractivity contribution is 0.329. The molecule has 0 atom stereocenters. The van der Waals surface area contributed by atoms with Crippen molar-refractivity contribution >= 4 is 0 Å². The maximum absolute atomic E-state index is 5.67. The van der Waals surface area contributed by atoms with Crippen molar-refractivity contribution in [2.75, 3.05) is 6.54 Å². The Balaban J connectivity index is 2.11. The van der Waals surface area contributed by atoms with Gasteiger partial charge in [0, 0.05) is 18.9 Å². The summed E-state index contributed by atoms with van der Waals surface area (Å²) in [6.07, 6.45) is 9.35. The van der Waals surface area contributed by atoms with E-state index in [0.717, 1.165) is 13.1 Å². The molecule has 0 fully saturated rings. The summed E-state index contributed by atoms with van der Waals surface area (Å²) >= 11 is 0. The third-order valence-corrected chi connectivity index (χ3v) is 2.63. The molecular weight excluding hydrogens is 174 g/mol. The quantitative estimate of drug-likeness (QED) is 0.706. The van der Waals surface area contributed by atoms with Crippen molar-refractivity contribution in [2.45, 2.75) is 39.7 Å². The van der Waals surface area contributed by atoms with Crippen LogP contribution in [0.5, 0.6) is 0 Å². The van der Waals surface area contributed by atoms with Crippen LogP contribution in [-0.4, -0.2) is 16.1 Å². The lowest BCUT2D eigenvalue weighted by atomic mass is 9.87. The third-order valence-electron chi connectivity index (χ3n) is 2.63. The summed E-state index contributed by atoms with van der Waals surface area (Å²) in [5.74, 6) is 0. The molecule has 0 aliphatic rings. The number of aromatic nitrogens is 2. The van der Waals surface area contributed by atoms with Crippen LogP contribution in [0.25, 0.3) is 0 Å². The summed E-state index contributed by atoms with van der Waals surface area (Å²) in [4.78, 5) is 4.01. The van der Waals surface area contributed by atoms with Gasteiger partial charge >= 0.3 is 0 Å². The zero-order chi connectivity index (χ0) is 10.4. The number of hydrogen-bond acceptors (Lipinski definition) is 2. The van der Waals surface area contributed by atoms with Gasteiger partial charge in [0.05, 0.1) is 6.33 Å². The molecule has 0 unspecified atom stereocenters. The van der Waals surface area contributed by atoms with Gasteiger partial charge in [-0.3, -0.25) is 0 Å². The normalized spacial score (nSPS) is 11.9. The summed E-state index contributed by atoms with van der Waals surface area (Å²) in [7, 11) is 0. The monoisotopic (exact) mass is 195 g/mol. The van der Waals surface area contributed by atoms with E-state index in [4.69, 9.17) is 5.73 Å². The number of unbranched alkanes of at least 4 members (excludes halogenated alkanes) is 1. The molecule has 0 spiro atoms. The first-order valence-corrected chi connectivity index (χ1v) is 5.30. The summed E-state index contributed by atoms with van der Waals surface area (Å²) in [6.45, 7) is 6.30. The largest absolute Gasteiger partial charge is 0.337 e. The number of aryl methyl sites for hydroxylation is 1. The number of imidazole rings is 1. The first-order chi connectivity index (χ1) is 6.64. The molecule has 3 nitrogen and oxygen atoms in total. The predicted molar refractivity (Wildman–Crippen MR) is 58.9 cm³/mol. The van der Waals surface area contributed by atoms with Gasteiger partial charge in [-0.05, 0) is 24.8 Å². The van der Waals surface area contributed by atoms with Crippen molar-refractivity contribution in [3.63, 3.8) is 0 Å². The maximum Gasteiger partial charge on any atom is 0.0945 e. The molecule has 0 aliphatic carbocycles. The molecule has 0 bridgehead atoms. The van der Waals surface area contributed by atoms with Crippen LogP contribution in [0.15, 0.2) is 18.7 Å². The Morgan fingerprint density at radius 1 is 1.36 bits per heavy atom. The van der Waals surface area contributed by atoms with Crippen LogP contribution >= 0.6 is 0 Å². The van der Waals surface area contributed by atoms with Crippen molar-refractivity contribution < 1.29 is 0 Å². The topological polar surface area (TPSA) is 43.8 Å². The fraction of sp³-hybridized carbons (Fsp3) is 0.727. The van der Waals surface area contributed by atoms with E-state index in [-0.39, 0.29) is 0 Å². The Hall–Kier alpha value is -0.830. The second-order valence-electron chi connectivity index (χ2n) is 4.63. The van der Waals surface area contributed by atoms with Gasteiger partial charge in [-0.25, -0.2) is 4.98 Å². The molecule has 0 saturated heterocycles. The summed E-state index contributed by atoms with van der Waals surface area (Å²) in [5, 5.41) is 0. The average molecular weight is 195 g/mol. The van der Waals surface area contributed by atoms with Crippen LogP contribution in [0.4, 0.5) is 0 Å². The van der Waals surface area contributed by atoms with Crippen molar-refractivity contribution in [1.29, 1.82) is 0 Å². The molecule has 1 heterocycles. The summed E-state index contributed by atoms with van der Waals surface area (Å²) in [6, 6.07) is 0. The highest BCUT2D eigenvalue weighted by molar-refractivity contribution is 4.74. The van der Waals surface area contributed by atoms with E-state index in [1.807, 2.05) is 18.7 Å². The van der Waals surface area contributed by atoms with Crippen molar-refractivity contribution in [3.8, 4) is 0 Å². The van der Waals surface area contributed by atoms with Crippen LogP contribution in [-0.2, 0) is 6.54 Å². The highest BCUT2D eigenvalue weighted by atomic mass is 15.0. The molecule has 1 aromatic heterocycles. The Morgan fingerprint density at radius 2 is 2.14 bits per heavy atom. The summed E-state index contributed by atoms with van der Waals surface area (Å²) < 4.78 is 2.12. The number of nitrogens with two attached hydrogens (primary N) is 1. The molecule has 0 aliphatic heterocycles. The van der Waals surface area contributed by atoms with Crippen molar-refractivity contribution in [3.05, 3.63) is 18.7 Å². The first kappa shape index (κ1) is 11.2. The van der Waals surface area contributed by atoms with Gasteiger partial charge in [0.25, 0.3) is 0 Å². The zero-order valence-electron chi connectivity index (χ0n) is 9.24. The van der Waals surface area contributed by atoms with Gasteiger partial charge in [0.2, 0.25) is 0 Å². The predicted octanol–water partition coefficient (Wildman–Crippen LogP) is 2.04. The van der Waals surface area contributed by atoms with Gasteiger partial charge in [-0.2, -0.15) is 0 Å². The fourth-order valence-corrected chi connectivity index (χ4v) is 1.42. The fourth-order valence-electron chi connectivity index (χ4n) is 1.42. The molecule has 1 aromatic rings. The lowest BCUT2D eigenvalue weighted by Gasteiger charge is -2.21. The van der Waals surface area contributed by atoms with Gasteiger partial charge in [-0.15, -0.1) is 0 Å². The van der Waals surface area contributed by atoms with Gasteiger partial charge in [-0.1, -0.05) is 20.3 Å². The Labute approximate surface area is 86.3 Å². The van der Waals surface area contributed by atoms with Gasteiger partial charge in [0.15, 0.2) is 0 Å². The molecule has 0 saturated carbocycles. The van der Waals surface area contributed by atoms with Crippen LogP contribution in [0.2, 0.25) is 0 Å². The Bertz CT molecular complexity index is 239. The van der Waals surface area contributed by atoms with Crippen LogP contribution in [0, 0.1) is 5.41 Å². The number of rotatable bonds is 6. The average Bonchev–Trinajstić information content (AvgIpc) is 2.65. The molecule has 3 heteroatoms. The highest BCUT2D eigenvalue weighted by Crippen LogP contribution is 2.21. The molecule has 14 heavy (non-hydrogen) atoms. The molecule has 2 N–H and O–H groups in total. The molecule has 0 aromatic carbocycles.